The van der Waals surface area contributed by atoms with E-state index in [1.807, 2.05) is 6.26 Å². The van der Waals surface area contributed by atoms with Gasteiger partial charge < -0.3 is 0 Å². The van der Waals surface area contributed by atoms with Gasteiger partial charge in [0.25, 0.3) is 5.69 Å². The molecule has 0 bridgehead atoms. The Labute approximate surface area is 88.1 Å². The zero-order chi connectivity index (χ0) is 10.1. The van der Waals surface area contributed by atoms with Crippen LogP contribution in [-0.4, -0.2) is 16.2 Å². The molecule has 0 radical (unpaired) electrons. The van der Waals surface area contributed by atoms with Gasteiger partial charge in [0, 0.05) is 12.1 Å². The van der Waals surface area contributed by atoms with Crippen molar-refractivity contribution in [2.24, 2.45) is 0 Å². The summed E-state index contributed by atoms with van der Waals surface area (Å²) in [5.74, 6) is 0. The molecular formula is C8H6N2O2S2. The van der Waals surface area contributed by atoms with Gasteiger partial charge in [-0.1, -0.05) is 11.8 Å². The highest BCUT2D eigenvalue weighted by Crippen LogP contribution is 2.30. The van der Waals surface area contributed by atoms with E-state index in [1.54, 1.807) is 29.2 Å². The Hall–Kier alpha value is -1.14. The summed E-state index contributed by atoms with van der Waals surface area (Å²) in [6.45, 7) is 0. The maximum atomic E-state index is 10.5. The second-order valence-corrected chi connectivity index (χ2v) is 4.68. The van der Waals surface area contributed by atoms with Gasteiger partial charge in [0.2, 0.25) is 0 Å². The van der Waals surface area contributed by atoms with E-state index in [2.05, 4.69) is 4.98 Å². The maximum absolute atomic E-state index is 10.5. The van der Waals surface area contributed by atoms with E-state index in [0.29, 0.717) is 5.52 Å². The van der Waals surface area contributed by atoms with Crippen molar-refractivity contribution in [3.8, 4) is 0 Å². The van der Waals surface area contributed by atoms with Crippen molar-refractivity contribution in [2.45, 2.75) is 4.34 Å². The number of fused-ring (bicyclic) bond motifs is 1. The number of benzene rings is 1. The van der Waals surface area contributed by atoms with Crippen LogP contribution in [0.25, 0.3) is 10.2 Å². The lowest BCUT2D eigenvalue weighted by Gasteiger charge is -1.88. The highest BCUT2D eigenvalue weighted by atomic mass is 32.2. The molecule has 0 aliphatic heterocycles. The zero-order valence-corrected chi connectivity index (χ0v) is 8.89. The van der Waals surface area contributed by atoms with Gasteiger partial charge in [0.05, 0.1) is 15.1 Å². The highest BCUT2D eigenvalue weighted by molar-refractivity contribution is 8.00. The molecule has 0 saturated carbocycles. The van der Waals surface area contributed by atoms with Crippen LogP contribution in [0.4, 0.5) is 5.69 Å². The van der Waals surface area contributed by atoms with E-state index >= 15 is 0 Å². The molecule has 0 N–H and O–H groups in total. The lowest BCUT2D eigenvalue weighted by Crippen LogP contribution is -1.86. The molecule has 0 fully saturated rings. The van der Waals surface area contributed by atoms with Gasteiger partial charge >= 0.3 is 0 Å². The number of nitro groups is 1. The molecule has 2 rings (SSSR count). The van der Waals surface area contributed by atoms with Gasteiger partial charge in [-0.15, -0.1) is 11.3 Å². The van der Waals surface area contributed by atoms with Crippen LogP contribution in [0.3, 0.4) is 0 Å². The normalized spacial score (nSPS) is 10.6. The Morgan fingerprint density at radius 1 is 1.57 bits per heavy atom. The summed E-state index contributed by atoms with van der Waals surface area (Å²) in [6.07, 6.45) is 1.94. The largest absolute Gasteiger partial charge is 0.271 e. The van der Waals surface area contributed by atoms with Crippen molar-refractivity contribution in [3.05, 3.63) is 28.3 Å². The van der Waals surface area contributed by atoms with Crippen molar-refractivity contribution < 1.29 is 4.92 Å². The summed E-state index contributed by atoms with van der Waals surface area (Å²) < 4.78 is 1.92. The Balaban J connectivity index is 2.59. The first-order chi connectivity index (χ1) is 6.70. The molecule has 14 heavy (non-hydrogen) atoms. The molecule has 0 aliphatic carbocycles. The van der Waals surface area contributed by atoms with Gasteiger partial charge in [-0.25, -0.2) is 4.98 Å². The average molecular weight is 226 g/mol. The minimum atomic E-state index is -0.405. The molecular weight excluding hydrogens is 220 g/mol. The van der Waals surface area contributed by atoms with Crippen LogP contribution >= 0.6 is 23.1 Å². The number of thioether (sulfide) groups is 1. The van der Waals surface area contributed by atoms with E-state index in [1.165, 1.54) is 12.1 Å². The fourth-order valence-corrected chi connectivity index (χ4v) is 2.57. The first-order valence-corrected chi connectivity index (χ1v) is 5.84. The number of rotatable bonds is 2. The Kier molecular flexibility index (Phi) is 2.39. The van der Waals surface area contributed by atoms with Crippen LogP contribution in [0.2, 0.25) is 0 Å². The van der Waals surface area contributed by atoms with E-state index in [9.17, 15) is 10.1 Å². The van der Waals surface area contributed by atoms with Crippen molar-refractivity contribution in [3.63, 3.8) is 0 Å². The Morgan fingerprint density at radius 2 is 2.36 bits per heavy atom. The smallest absolute Gasteiger partial charge is 0.258 e. The number of non-ortho nitro benzene ring substituents is 1. The van der Waals surface area contributed by atoms with Crippen LogP contribution in [0.15, 0.2) is 22.5 Å². The molecule has 2 aromatic rings. The van der Waals surface area contributed by atoms with Crippen molar-refractivity contribution in [1.29, 1.82) is 0 Å². The van der Waals surface area contributed by atoms with Crippen LogP contribution in [0, 0.1) is 10.1 Å². The fraction of sp³-hybridized carbons (Fsp3) is 0.125. The number of nitro benzene ring substituents is 1. The van der Waals surface area contributed by atoms with Crippen molar-refractivity contribution >= 4 is 39.0 Å². The first-order valence-electron chi connectivity index (χ1n) is 3.79. The fourth-order valence-electron chi connectivity index (χ4n) is 1.10. The molecule has 0 spiro atoms. The summed E-state index contributed by atoms with van der Waals surface area (Å²) in [4.78, 5) is 14.3. The quantitative estimate of drug-likeness (QED) is 0.449. The van der Waals surface area contributed by atoms with Gasteiger partial charge in [0.15, 0.2) is 4.34 Å². The predicted octanol–water partition coefficient (Wildman–Crippen LogP) is 2.93. The summed E-state index contributed by atoms with van der Waals surface area (Å²) in [5, 5.41) is 10.5. The van der Waals surface area contributed by atoms with Crippen LogP contribution < -0.4 is 0 Å². The van der Waals surface area contributed by atoms with Gasteiger partial charge in [-0.2, -0.15) is 0 Å². The third kappa shape index (κ3) is 1.58. The standard InChI is InChI=1S/C8H6N2O2S2/c1-13-8-9-6-4-5(10(11)12)2-3-7(6)14-8/h2-4H,1H3. The number of thiazole rings is 1. The van der Waals surface area contributed by atoms with Crippen LogP contribution in [0.5, 0.6) is 0 Å². The van der Waals surface area contributed by atoms with E-state index in [4.69, 9.17) is 0 Å². The Morgan fingerprint density at radius 3 is 3.00 bits per heavy atom. The van der Waals surface area contributed by atoms with Crippen molar-refractivity contribution in [1.82, 2.24) is 4.98 Å². The van der Waals surface area contributed by atoms with Gasteiger partial charge in [-0.05, 0) is 12.3 Å². The lowest BCUT2D eigenvalue weighted by molar-refractivity contribution is -0.384. The third-order valence-corrected chi connectivity index (χ3v) is 3.76. The van der Waals surface area contributed by atoms with E-state index in [0.717, 1.165) is 9.04 Å². The maximum Gasteiger partial charge on any atom is 0.271 e. The summed E-state index contributed by atoms with van der Waals surface area (Å²) in [5.41, 5.74) is 0.795. The molecule has 1 aromatic heterocycles. The molecule has 6 heteroatoms. The second-order valence-electron chi connectivity index (χ2n) is 2.59. The molecule has 1 aromatic carbocycles. The zero-order valence-electron chi connectivity index (χ0n) is 7.26. The molecule has 0 amide bonds. The molecule has 1 heterocycles. The van der Waals surface area contributed by atoms with Crippen LogP contribution in [-0.2, 0) is 0 Å². The number of nitrogens with zero attached hydrogens (tertiary/aromatic N) is 2. The number of aromatic nitrogens is 1. The Bertz CT molecular complexity index is 495. The van der Waals surface area contributed by atoms with E-state index < -0.39 is 4.92 Å². The number of hydrogen-bond donors (Lipinski definition) is 0. The summed E-state index contributed by atoms with van der Waals surface area (Å²) >= 11 is 3.09. The first kappa shape index (κ1) is 9.42. The average Bonchev–Trinajstić information content (AvgIpc) is 2.58. The van der Waals surface area contributed by atoms with Crippen molar-refractivity contribution in [2.75, 3.05) is 6.26 Å². The summed E-state index contributed by atoms with van der Waals surface area (Å²) in [6, 6.07) is 4.75. The summed E-state index contributed by atoms with van der Waals surface area (Å²) in [7, 11) is 0. The highest BCUT2D eigenvalue weighted by Gasteiger charge is 2.09. The van der Waals surface area contributed by atoms with E-state index in [-0.39, 0.29) is 5.69 Å². The topological polar surface area (TPSA) is 56.0 Å². The molecule has 0 saturated heterocycles. The number of hydrogen-bond acceptors (Lipinski definition) is 5. The molecule has 0 atom stereocenters. The molecule has 0 aliphatic rings. The second kappa shape index (κ2) is 3.55. The third-order valence-electron chi connectivity index (χ3n) is 1.74. The lowest BCUT2D eigenvalue weighted by atomic mass is 10.3. The minimum absolute atomic E-state index is 0.0930. The molecule has 4 nitrogen and oxygen atoms in total. The van der Waals surface area contributed by atoms with Gasteiger partial charge in [0.1, 0.15) is 0 Å². The van der Waals surface area contributed by atoms with Crippen LogP contribution in [0.1, 0.15) is 0 Å². The predicted molar refractivity (Wildman–Crippen MR) is 58.1 cm³/mol. The molecule has 72 valence electrons. The SMILES string of the molecule is CSc1nc2cc([N+](=O)[O-])ccc2s1. The minimum Gasteiger partial charge on any atom is -0.258 e. The molecule has 0 unspecified atom stereocenters. The monoisotopic (exact) mass is 226 g/mol. The van der Waals surface area contributed by atoms with Gasteiger partial charge in [-0.3, -0.25) is 10.1 Å².